The molecule has 0 aliphatic heterocycles. The van der Waals surface area contributed by atoms with E-state index >= 15 is 0 Å². The molecule has 0 atom stereocenters. The lowest BCUT2D eigenvalue weighted by atomic mass is 10.2. The van der Waals surface area contributed by atoms with Crippen LogP contribution < -0.4 is 0 Å². The average molecular weight is 344 g/mol. The molecule has 19 heavy (non-hydrogen) atoms. The number of benzene rings is 2. The molecule has 0 nitrogen and oxygen atoms in total. The topological polar surface area (TPSA) is 0 Å². The molecule has 0 spiro atoms. The molecule has 0 radical (unpaired) electrons. The molecule has 0 saturated carbocycles. The van der Waals surface area contributed by atoms with E-state index < -0.39 is 0 Å². The standard InChI is InChI=1S/C7H5Cl2F.C6H3Cl2F/c1-4-6(10)3-2-5(8)7(4)9;7-5-2-1-4(9)3-6(5)8/h2-3H,1H3;1-3H. The van der Waals surface area contributed by atoms with E-state index in [-0.39, 0.29) is 16.7 Å². The SMILES string of the molecule is Cc1c(F)ccc(Cl)c1Cl.Fc1ccc(Cl)c(Cl)c1. The highest BCUT2D eigenvalue weighted by molar-refractivity contribution is 6.42. The maximum atomic E-state index is 12.6. The Morgan fingerprint density at radius 1 is 0.789 bits per heavy atom. The molecule has 0 unspecified atom stereocenters. The Labute approximate surface area is 129 Å². The molecule has 0 aliphatic rings. The Morgan fingerprint density at radius 2 is 1.37 bits per heavy atom. The summed E-state index contributed by atoms with van der Waals surface area (Å²) in [5.74, 6) is -0.696. The van der Waals surface area contributed by atoms with Gasteiger partial charge >= 0.3 is 0 Å². The Bertz CT molecular complexity index is 558. The number of hydrogen-bond acceptors (Lipinski definition) is 0. The molecular formula is C13H8Cl4F2. The largest absolute Gasteiger partial charge is 0.207 e. The van der Waals surface area contributed by atoms with Gasteiger partial charge in [-0.1, -0.05) is 46.4 Å². The molecule has 0 bridgehead atoms. The van der Waals surface area contributed by atoms with E-state index in [0.717, 1.165) is 0 Å². The van der Waals surface area contributed by atoms with Crippen molar-refractivity contribution in [1.82, 2.24) is 0 Å². The van der Waals surface area contributed by atoms with Gasteiger partial charge in [0.2, 0.25) is 0 Å². The quantitative estimate of drug-likeness (QED) is 0.474. The van der Waals surface area contributed by atoms with Crippen molar-refractivity contribution in [2.75, 3.05) is 0 Å². The molecule has 0 N–H and O–H groups in total. The van der Waals surface area contributed by atoms with Gasteiger partial charge in [-0.15, -0.1) is 0 Å². The molecule has 2 aromatic rings. The zero-order chi connectivity index (χ0) is 14.6. The number of halogens is 6. The molecule has 2 rings (SSSR count). The summed E-state index contributed by atoms with van der Waals surface area (Å²) in [6.45, 7) is 1.59. The van der Waals surface area contributed by atoms with E-state index in [2.05, 4.69) is 0 Å². The minimum absolute atomic E-state index is 0.247. The van der Waals surface area contributed by atoms with Crippen LogP contribution in [0, 0.1) is 18.6 Å². The van der Waals surface area contributed by atoms with Crippen LogP contribution in [0.1, 0.15) is 5.56 Å². The average Bonchev–Trinajstić information content (AvgIpc) is 2.37. The first-order valence-electron chi connectivity index (χ1n) is 5.03. The number of hydrogen-bond donors (Lipinski definition) is 0. The second-order valence-electron chi connectivity index (χ2n) is 3.53. The van der Waals surface area contributed by atoms with E-state index in [4.69, 9.17) is 46.4 Å². The van der Waals surface area contributed by atoms with Crippen LogP contribution in [0.25, 0.3) is 0 Å². The van der Waals surface area contributed by atoms with Gasteiger partial charge in [0, 0.05) is 5.56 Å². The summed E-state index contributed by atoms with van der Waals surface area (Å²) in [6.07, 6.45) is 0. The predicted molar refractivity (Wildman–Crippen MR) is 77.6 cm³/mol. The fourth-order valence-corrected chi connectivity index (χ4v) is 1.74. The van der Waals surface area contributed by atoms with Crippen molar-refractivity contribution in [3.05, 3.63) is 67.6 Å². The smallest absolute Gasteiger partial charge is 0.127 e. The summed E-state index contributed by atoms with van der Waals surface area (Å²) in [5.41, 5.74) is 0.397. The van der Waals surface area contributed by atoms with Crippen LogP contribution in [0.3, 0.4) is 0 Å². The Kier molecular flexibility index (Phi) is 6.34. The highest BCUT2D eigenvalue weighted by Crippen LogP contribution is 2.26. The highest BCUT2D eigenvalue weighted by atomic mass is 35.5. The van der Waals surface area contributed by atoms with Gasteiger partial charge in [-0.05, 0) is 37.3 Å². The summed E-state index contributed by atoms with van der Waals surface area (Å²) in [5, 5.41) is 1.30. The summed E-state index contributed by atoms with van der Waals surface area (Å²) < 4.78 is 24.8. The lowest BCUT2D eigenvalue weighted by molar-refractivity contribution is 0.618. The van der Waals surface area contributed by atoms with E-state index in [1.807, 2.05) is 0 Å². The van der Waals surface area contributed by atoms with Gasteiger partial charge in [0.25, 0.3) is 0 Å². The Hall–Kier alpha value is -0.540. The van der Waals surface area contributed by atoms with Crippen LogP contribution in [0.2, 0.25) is 20.1 Å². The lowest BCUT2D eigenvalue weighted by Gasteiger charge is -1.99. The van der Waals surface area contributed by atoms with Crippen molar-refractivity contribution in [3.8, 4) is 0 Å². The van der Waals surface area contributed by atoms with E-state index in [0.29, 0.717) is 20.6 Å². The van der Waals surface area contributed by atoms with Crippen molar-refractivity contribution in [2.45, 2.75) is 6.92 Å². The predicted octanol–water partition coefficient (Wildman–Crippen LogP) is 6.57. The van der Waals surface area contributed by atoms with Crippen LogP contribution in [0.5, 0.6) is 0 Å². The van der Waals surface area contributed by atoms with Gasteiger partial charge in [-0.2, -0.15) is 0 Å². The summed E-state index contributed by atoms with van der Waals surface area (Å²) in [6, 6.07) is 6.58. The molecule has 0 saturated heterocycles. The van der Waals surface area contributed by atoms with Crippen LogP contribution in [0.15, 0.2) is 30.3 Å². The van der Waals surface area contributed by atoms with Gasteiger partial charge in [0.1, 0.15) is 11.6 Å². The zero-order valence-corrected chi connectivity index (χ0v) is 12.7. The minimum atomic E-state index is -0.371. The molecule has 0 heterocycles. The first-order chi connectivity index (χ1) is 8.82. The maximum absolute atomic E-state index is 12.6. The lowest BCUT2D eigenvalue weighted by Crippen LogP contribution is -1.82. The molecule has 6 heteroatoms. The molecule has 0 amide bonds. The third-order valence-electron chi connectivity index (χ3n) is 2.15. The Morgan fingerprint density at radius 3 is 1.84 bits per heavy atom. The first-order valence-corrected chi connectivity index (χ1v) is 6.54. The van der Waals surface area contributed by atoms with E-state index in [9.17, 15) is 8.78 Å². The van der Waals surface area contributed by atoms with Crippen LogP contribution >= 0.6 is 46.4 Å². The van der Waals surface area contributed by atoms with Crippen molar-refractivity contribution in [1.29, 1.82) is 0 Å². The van der Waals surface area contributed by atoms with Gasteiger partial charge in [-0.3, -0.25) is 0 Å². The van der Waals surface area contributed by atoms with E-state index in [1.165, 1.54) is 30.3 Å². The van der Waals surface area contributed by atoms with Gasteiger partial charge < -0.3 is 0 Å². The van der Waals surface area contributed by atoms with Crippen LogP contribution in [-0.2, 0) is 0 Å². The third kappa shape index (κ3) is 4.81. The molecule has 0 aliphatic carbocycles. The molecule has 0 fully saturated rings. The van der Waals surface area contributed by atoms with Crippen molar-refractivity contribution in [3.63, 3.8) is 0 Å². The second-order valence-corrected chi connectivity index (χ2v) is 5.13. The fraction of sp³-hybridized carbons (Fsp3) is 0.0769. The summed E-state index contributed by atoms with van der Waals surface area (Å²) in [7, 11) is 0. The van der Waals surface area contributed by atoms with Gasteiger partial charge in [-0.25, -0.2) is 8.78 Å². The maximum Gasteiger partial charge on any atom is 0.127 e. The summed E-state index contributed by atoms with van der Waals surface area (Å²) in [4.78, 5) is 0. The van der Waals surface area contributed by atoms with Crippen molar-refractivity contribution >= 4 is 46.4 Å². The molecular weight excluding hydrogens is 336 g/mol. The second kappa shape index (κ2) is 7.30. The molecule has 102 valence electrons. The third-order valence-corrected chi connectivity index (χ3v) is 3.79. The van der Waals surface area contributed by atoms with Crippen LogP contribution in [0.4, 0.5) is 8.78 Å². The van der Waals surface area contributed by atoms with Crippen molar-refractivity contribution < 1.29 is 8.78 Å². The van der Waals surface area contributed by atoms with Gasteiger partial charge in [0.05, 0.1) is 20.1 Å². The normalized spacial score (nSPS) is 9.84. The highest BCUT2D eigenvalue weighted by Gasteiger charge is 2.04. The van der Waals surface area contributed by atoms with Crippen molar-refractivity contribution in [2.24, 2.45) is 0 Å². The summed E-state index contributed by atoms with van der Waals surface area (Å²) >= 11 is 22.1. The monoisotopic (exact) mass is 342 g/mol. The fourth-order valence-electron chi connectivity index (χ4n) is 1.10. The number of rotatable bonds is 0. The first kappa shape index (κ1) is 16.5. The van der Waals surface area contributed by atoms with Crippen LogP contribution in [-0.4, -0.2) is 0 Å². The minimum Gasteiger partial charge on any atom is -0.207 e. The van der Waals surface area contributed by atoms with E-state index in [1.54, 1.807) is 6.92 Å². The Balaban J connectivity index is 0.000000191. The zero-order valence-electron chi connectivity index (χ0n) is 9.65. The van der Waals surface area contributed by atoms with Gasteiger partial charge in [0.15, 0.2) is 0 Å². The molecule has 0 aromatic heterocycles. The molecule has 2 aromatic carbocycles.